The first-order valence-corrected chi connectivity index (χ1v) is 6.45. The molecule has 0 radical (unpaired) electrons. The van der Waals surface area contributed by atoms with Gasteiger partial charge in [0.15, 0.2) is 10.9 Å². The molecule has 0 amide bonds. The number of nitrogens with one attached hydrogen (secondary N) is 1. The number of thioether (sulfide) groups is 1. The largest absolute Gasteiger partial charge is 0.298 e. The summed E-state index contributed by atoms with van der Waals surface area (Å²) in [4.78, 5) is 14.6. The molecule has 2 rings (SSSR count). The maximum absolute atomic E-state index is 11.8. The highest BCUT2D eigenvalue weighted by molar-refractivity contribution is 7.99. The van der Waals surface area contributed by atoms with Crippen molar-refractivity contribution in [3.05, 3.63) is 40.7 Å². The topological polar surface area (TPSA) is 58.6 Å². The summed E-state index contributed by atoms with van der Waals surface area (Å²) in [6, 6.07) is 9.33. The lowest BCUT2D eigenvalue weighted by Gasteiger charge is -2.00. The standard InChI is InChI=1S/C12H13N3OS/c1-2-8-17-12-13-11(16)10(14-15-12)9-6-4-3-5-7-9/h3-7H,2,8H2,1H3,(H,13,15,16). The zero-order chi connectivity index (χ0) is 12.1. The van der Waals surface area contributed by atoms with E-state index in [0.29, 0.717) is 10.9 Å². The van der Waals surface area contributed by atoms with Crippen LogP contribution in [-0.2, 0) is 0 Å². The van der Waals surface area contributed by atoms with Gasteiger partial charge in [-0.2, -0.15) is 0 Å². The Balaban J connectivity index is 2.30. The van der Waals surface area contributed by atoms with E-state index >= 15 is 0 Å². The van der Waals surface area contributed by atoms with Crippen molar-refractivity contribution in [1.82, 2.24) is 15.2 Å². The monoisotopic (exact) mass is 247 g/mol. The Morgan fingerprint density at radius 3 is 2.65 bits per heavy atom. The molecule has 0 saturated carbocycles. The van der Waals surface area contributed by atoms with Crippen LogP contribution < -0.4 is 5.56 Å². The second-order valence-corrected chi connectivity index (χ2v) is 4.61. The van der Waals surface area contributed by atoms with Crippen LogP contribution in [0.3, 0.4) is 0 Å². The molecule has 0 aliphatic carbocycles. The number of benzene rings is 1. The van der Waals surface area contributed by atoms with E-state index < -0.39 is 0 Å². The molecule has 0 atom stereocenters. The summed E-state index contributed by atoms with van der Waals surface area (Å²) in [6.07, 6.45) is 1.04. The predicted molar refractivity (Wildman–Crippen MR) is 69.1 cm³/mol. The van der Waals surface area contributed by atoms with Crippen LogP contribution in [0.15, 0.2) is 40.3 Å². The molecule has 1 aromatic heterocycles. The van der Waals surface area contributed by atoms with Gasteiger partial charge in [0.1, 0.15) is 0 Å². The highest BCUT2D eigenvalue weighted by Crippen LogP contribution is 2.14. The van der Waals surface area contributed by atoms with Crippen LogP contribution in [0.4, 0.5) is 0 Å². The molecule has 0 bridgehead atoms. The molecule has 0 aliphatic heterocycles. The Labute approximate surface area is 103 Å². The van der Waals surface area contributed by atoms with Crippen LogP contribution in [0.1, 0.15) is 13.3 Å². The first-order valence-electron chi connectivity index (χ1n) is 5.46. The highest BCUT2D eigenvalue weighted by Gasteiger charge is 2.06. The molecule has 1 heterocycles. The number of rotatable bonds is 4. The molecule has 0 fully saturated rings. The van der Waals surface area contributed by atoms with Gasteiger partial charge in [0.05, 0.1) is 0 Å². The van der Waals surface area contributed by atoms with Crippen molar-refractivity contribution < 1.29 is 0 Å². The maximum atomic E-state index is 11.8. The summed E-state index contributed by atoms with van der Waals surface area (Å²) in [5.74, 6) is 0.926. The van der Waals surface area contributed by atoms with Crippen molar-refractivity contribution in [3.63, 3.8) is 0 Å². The van der Waals surface area contributed by atoms with Crippen LogP contribution in [0, 0.1) is 0 Å². The molecule has 2 aromatic rings. The zero-order valence-corrected chi connectivity index (χ0v) is 10.3. The van der Waals surface area contributed by atoms with Crippen LogP contribution in [0.5, 0.6) is 0 Å². The molecule has 4 nitrogen and oxygen atoms in total. The van der Waals surface area contributed by atoms with Gasteiger partial charge in [-0.05, 0) is 6.42 Å². The lowest BCUT2D eigenvalue weighted by atomic mass is 10.2. The van der Waals surface area contributed by atoms with Crippen molar-refractivity contribution in [1.29, 1.82) is 0 Å². The van der Waals surface area contributed by atoms with E-state index in [0.717, 1.165) is 17.7 Å². The number of aromatic amines is 1. The second kappa shape index (κ2) is 5.63. The molecule has 0 unspecified atom stereocenters. The summed E-state index contributed by atoms with van der Waals surface area (Å²) in [5, 5.41) is 8.58. The van der Waals surface area contributed by atoms with E-state index in [1.807, 2.05) is 30.3 Å². The fraction of sp³-hybridized carbons (Fsp3) is 0.250. The van der Waals surface area contributed by atoms with Gasteiger partial charge in [0, 0.05) is 11.3 Å². The van der Waals surface area contributed by atoms with Gasteiger partial charge < -0.3 is 0 Å². The summed E-state index contributed by atoms with van der Waals surface area (Å²) >= 11 is 1.51. The summed E-state index contributed by atoms with van der Waals surface area (Å²) in [5.41, 5.74) is 0.963. The molecular weight excluding hydrogens is 234 g/mol. The third-order valence-corrected chi connectivity index (χ3v) is 3.24. The SMILES string of the molecule is CCCSc1nnc(-c2ccccc2)c(=O)[nH]1. The van der Waals surface area contributed by atoms with Gasteiger partial charge in [-0.25, -0.2) is 0 Å². The van der Waals surface area contributed by atoms with Crippen molar-refractivity contribution in [2.75, 3.05) is 5.75 Å². The minimum atomic E-state index is -0.190. The zero-order valence-electron chi connectivity index (χ0n) is 9.51. The van der Waals surface area contributed by atoms with E-state index in [9.17, 15) is 4.79 Å². The van der Waals surface area contributed by atoms with Crippen molar-refractivity contribution >= 4 is 11.8 Å². The third-order valence-electron chi connectivity index (χ3n) is 2.17. The Morgan fingerprint density at radius 2 is 2.00 bits per heavy atom. The van der Waals surface area contributed by atoms with E-state index in [-0.39, 0.29) is 5.56 Å². The average Bonchev–Trinajstić information content (AvgIpc) is 2.37. The number of hydrogen-bond acceptors (Lipinski definition) is 4. The molecular formula is C12H13N3OS. The van der Waals surface area contributed by atoms with Crippen molar-refractivity contribution in [3.8, 4) is 11.3 Å². The van der Waals surface area contributed by atoms with Crippen LogP contribution in [0.25, 0.3) is 11.3 Å². The van der Waals surface area contributed by atoms with Crippen molar-refractivity contribution in [2.24, 2.45) is 0 Å². The minimum Gasteiger partial charge on any atom is -0.298 e. The highest BCUT2D eigenvalue weighted by atomic mass is 32.2. The Bertz CT molecular complexity index is 539. The fourth-order valence-electron chi connectivity index (χ4n) is 1.37. The third kappa shape index (κ3) is 2.94. The van der Waals surface area contributed by atoms with Crippen molar-refractivity contribution in [2.45, 2.75) is 18.5 Å². The summed E-state index contributed by atoms with van der Waals surface area (Å²) < 4.78 is 0. The number of H-pyrrole nitrogens is 1. The Morgan fingerprint density at radius 1 is 1.24 bits per heavy atom. The van der Waals surface area contributed by atoms with E-state index in [4.69, 9.17) is 0 Å². The number of hydrogen-bond donors (Lipinski definition) is 1. The lowest BCUT2D eigenvalue weighted by Crippen LogP contribution is -2.14. The number of aromatic nitrogens is 3. The first kappa shape index (κ1) is 11.9. The van der Waals surface area contributed by atoms with Gasteiger partial charge >= 0.3 is 0 Å². The molecule has 0 spiro atoms. The summed E-state index contributed by atoms with van der Waals surface area (Å²) in [7, 11) is 0. The van der Waals surface area contributed by atoms with Crippen LogP contribution in [0.2, 0.25) is 0 Å². The molecule has 88 valence electrons. The molecule has 17 heavy (non-hydrogen) atoms. The molecule has 1 aromatic carbocycles. The number of nitrogens with zero attached hydrogens (tertiary/aromatic N) is 2. The fourth-order valence-corrected chi connectivity index (χ4v) is 2.03. The molecule has 1 N–H and O–H groups in total. The summed E-state index contributed by atoms with van der Waals surface area (Å²) in [6.45, 7) is 2.08. The first-order chi connectivity index (χ1) is 8.31. The smallest absolute Gasteiger partial charge is 0.278 e. The minimum absolute atomic E-state index is 0.190. The van der Waals surface area contributed by atoms with Gasteiger partial charge in [0.25, 0.3) is 5.56 Å². The van der Waals surface area contributed by atoms with Crippen LogP contribution in [-0.4, -0.2) is 20.9 Å². The van der Waals surface area contributed by atoms with Gasteiger partial charge in [-0.3, -0.25) is 9.78 Å². The van der Waals surface area contributed by atoms with Gasteiger partial charge in [-0.15, -0.1) is 10.2 Å². The van der Waals surface area contributed by atoms with E-state index in [2.05, 4.69) is 22.1 Å². The second-order valence-electron chi connectivity index (χ2n) is 3.52. The van der Waals surface area contributed by atoms with Gasteiger partial charge in [-0.1, -0.05) is 49.0 Å². The van der Waals surface area contributed by atoms with Gasteiger partial charge in [0.2, 0.25) is 0 Å². The average molecular weight is 247 g/mol. The maximum Gasteiger partial charge on any atom is 0.278 e. The predicted octanol–water partition coefficient (Wildman–Crippen LogP) is 2.33. The molecule has 0 saturated heterocycles. The van der Waals surface area contributed by atoms with Crippen LogP contribution >= 0.6 is 11.8 Å². The quantitative estimate of drug-likeness (QED) is 0.842. The Hall–Kier alpha value is -1.62. The normalized spacial score (nSPS) is 10.4. The Kier molecular flexibility index (Phi) is 3.93. The van der Waals surface area contributed by atoms with E-state index in [1.54, 1.807) is 0 Å². The lowest BCUT2D eigenvalue weighted by molar-refractivity contribution is 0.823. The molecule has 0 aliphatic rings. The molecule has 5 heteroatoms. The van der Waals surface area contributed by atoms with E-state index in [1.165, 1.54) is 11.8 Å².